The molecule has 0 unspecified atom stereocenters. The van der Waals surface area contributed by atoms with Gasteiger partial charge in [0, 0.05) is 12.6 Å². The lowest BCUT2D eigenvalue weighted by Gasteiger charge is -2.06. The molecule has 27 heavy (non-hydrogen) atoms. The molecule has 6 nitrogen and oxygen atoms in total. The molecule has 0 bridgehead atoms. The number of hydrogen-bond acceptors (Lipinski definition) is 5. The number of esters is 1. The van der Waals surface area contributed by atoms with E-state index in [4.69, 9.17) is 14.2 Å². The van der Waals surface area contributed by atoms with Crippen molar-refractivity contribution < 1.29 is 28.2 Å². The predicted octanol–water partition coefficient (Wildman–Crippen LogP) is 2.47. The number of rotatable bonds is 7. The summed E-state index contributed by atoms with van der Waals surface area (Å²) in [4.78, 5) is 23.4. The van der Waals surface area contributed by atoms with Gasteiger partial charge in [0.05, 0.1) is 0 Å². The highest BCUT2D eigenvalue weighted by Crippen LogP contribution is 2.32. The van der Waals surface area contributed by atoms with Gasteiger partial charge in [-0.15, -0.1) is 0 Å². The number of ether oxygens (including phenoxy) is 3. The molecule has 1 amide bonds. The number of carbonyl (C=O) groups excluding carboxylic acids is 2. The van der Waals surface area contributed by atoms with Crippen molar-refractivity contribution in [2.24, 2.45) is 0 Å². The van der Waals surface area contributed by atoms with Crippen molar-refractivity contribution in [1.29, 1.82) is 0 Å². The monoisotopic (exact) mass is 371 g/mol. The summed E-state index contributed by atoms with van der Waals surface area (Å²) in [7, 11) is 0. The lowest BCUT2D eigenvalue weighted by atomic mass is 10.1. The molecular formula is C20H18FNO5. The molecule has 0 saturated heterocycles. The number of hydrogen-bond donors (Lipinski definition) is 1. The van der Waals surface area contributed by atoms with Crippen molar-refractivity contribution >= 4 is 18.0 Å². The maximum Gasteiger partial charge on any atom is 0.331 e. The highest BCUT2D eigenvalue weighted by atomic mass is 19.1. The minimum Gasteiger partial charge on any atom is -0.454 e. The van der Waals surface area contributed by atoms with E-state index < -0.39 is 18.5 Å². The largest absolute Gasteiger partial charge is 0.454 e. The zero-order valence-electron chi connectivity index (χ0n) is 14.4. The van der Waals surface area contributed by atoms with Gasteiger partial charge in [-0.1, -0.05) is 24.3 Å². The Hall–Kier alpha value is -3.35. The lowest BCUT2D eigenvalue weighted by molar-refractivity contribution is -0.143. The minimum atomic E-state index is -0.642. The van der Waals surface area contributed by atoms with Gasteiger partial charge in [0.2, 0.25) is 6.79 Å². The van der Waals surface area contributed by atoms with Gasteiger partial charge < -0.3 is 19.5 Å². The Balaban J connectivity index is 1.38. The Morgan fingerprint density at radius 3 is 2.81 bits per heavy atom. The second kappa shape index (κ2) is 8.84. The minimum absolute atomic E-state index is 0.177. The maximum absolute atomic E-state index is 13.5. The van der Waals surface area contributed by atoms with E-state index in [1.165, 1.54) is 12.1 Å². The van der Waals surface area contributed by atoms with Gasteiger partial charge in [0.1, 0.15) is 5.82 Å². The Bertz CT molecular complexity index is 865. The standard InChI is InChI=1S/C20H18FNO5/c21-16-4-2-1-3-15(16)9-10-22-19(23)12-25-20(24)8-6-14-5-7-17-18(11-14)27-13-26-17/h1-8,11H,9-10,12-13H2,(H,22,23)/b8-6+. The summed E-state index contributed by atoms with van der Waals surface area (Å²) in [5.74, 6) is -0.138. The van der Waals surface area contributed by atoms with Gasteiger partial charge in [-0.2, -0.15) is 0 Å². The van der Waals surface area contributed by atoms with E-state index in [1.54, 1.807) is 42.5 Å². The Morgan fingerprint density at radius 1 is 1.15 bits per heavy atom. The van der Waals surface area contributed by atoms with Gasteiger partial charge in [0.15, 0.2) is 18.1 Å². The van der Waals surface area contributed by atoms with E-state index in [-0.39, 0.29) is 19.2 Å². The van der Waals surface area contributed by atoms with Crippen LogP contribution in [0.4, 0.5) is 4.39 Å². The second-order valence-electron chi connectivity index (χ2n) is 5.75. The van der Waals surface area contributed by atoms with Crippen molar-refractivity contribution in [1.82, 2.24) is 5.32 Å². The van der Waals surface area contributed by atoms with Crippen LogP contribution in [0.5, 0.6) is 11.5 Å². The van der Waals surface area contributed by atoms with E-state index in [9.17, 15) is 14.0 Å². The first-order valence-corrected chi connectivity index (χ1v) is 8.36. The third-order valence-corrected chi connectivity index (χ3v) is 3.83. The van der Waals surface area contributed by atoms with Gasteiger partial charge >= 0.3 is 5.97 Å². The summed E-state index contributed by atoms with van der Waals surface area (Å²) in [5.41, 5.74) is 1.26. The average molecular weight is 371 g/mol. The number of carbonyl (C=O) groups is 2. The third-order valence-electron chi connectivity index (χ3n) is 3.83. The fraction of sp³-hybridized carbons (Fsp3) is 0.200. The highest BCUT2D eigenvalue weighted by molar-refractivity contribution is 5.89. The van der Waals surface area contributed by atoms with Gasteiger partial charge in [0.25, 0.3) is 5.91 Å². The summed E-state index contributed by atoms with van der Waals surface area (Å²) >= 11 is 0. The topological polar surface area (TPSA) is 73.9 Å². The molecule has 0 aliphatic carbocycles. The van der Waals surface area contributed by atoms with Crippen LogP contribution in [0, 0.1) is 5.82 Å². The van der Waals surface area contributed by atoms with E-state index in [0.717, 1.165) is 5.56 Å². The molecule has 0 spiro atoms. The summed E-state index contributed by atoms with van der Waals surface area (Å²) < 4.78 is 28.8. The molecule has 0 saturated carbocycles. The van der Waals surface area contributed by atoms with Crippen LogP contribution in [0.1, 0.15) is 11.1 Å². The van der Waals surface area contributed by atoms with Crippen LogP contribution >= 0.6 is 0 Å². The van der Waals surface area contributed by atoms with E-state index >= 15 is 0 Å². The average Bonchev–Trinajstić information content (AvgIpc) is 3.14. The van der Waals surface area contributed by atoms with Crippen molar-refractivity contribution in [3.8, 4) is 11.5 Å². The molecule has 3 rings (SSSR count). The number of amides is 1. The van der Waals surface area contributed by atoms with Crippen LogP contribution < -0.4 is 14.8 Å². The van der Waals surface area contributed by atoms with Gasteiger partial charge in [-0.3, -0.25) is 4.79 Å². The first-order chi connectivity index (χ1) is 13.1. The van der Waals surface area contributed by atoms with Crippen LogP contribution in [0.3, 0.4) is 0 Å². The zero-order valence-corrected chi connectivity index (χ0v) is 14.4. The zero-order chi connectivity index (χ0) is 19.1. The fourth-order valence-corrected chi connectivity index (χ4v) is 2.45. The Labute approximate surface area is 155 Å². The first-order valence-electron chi connectivity index (χ1n) is 8.36. The molecule has 0 atom stereocenters. The SMILES string of the molecule is O=C(COC(=O)/C=C/c1ccc2c(c1)OCO2)NCCc1ccccc1F. The van der Waals surface area contributed by atoms with Crippen LogP contribution in [0.2, 0.25) is 0 Å². The Kier molecular flexibility index (Phi) is 6.04. The molecule has 1 aliphatic rings. The molecule has 2 aromatic carbocycles. The number of benzene rings is 2. The molecule has 1 N–H and O–H groups in total. The summed E-state index contributed by atoms with van der Waals surface area (Å²) in [6, 6.07) is 11.6. The first kappa shape index (κ1) is 18.4. The number of fused-ring (bicyclic) bond motifs is 1. The summed E-state index contributed by atoms with van der Waals surface area (Å²) in [6.45, 7) is 0.0303. The molecule has 0 radical (unpaired) electrons. The van der Waals surface area contributed by atoms with Crippen molar-refractivity contribution in [3.05, 3.63) is 65.5 Å². The highest BCUT2D eigenvalue weighted by Gasteiger charge is 2.12. The van der Waals surface area contributed by atoms with E-state index in [0.29, 0.717) is 23.5 Å². The number of nitrogens with one attached hydrogen (secondary N) is 1. The van der Waals surface area contributed by atoms with E-state index in [2.05, 4.69) is 5.32 Å². The van der Waals surface area contributed by atoms with Crippen LogP contribution in [-0.4, -0.2) is 31.8 Å². The molecule has 1 heterocycles. The van der Waals surface area contributed by atoms with E-state index in [1.807, 2.05) is 0 Å². The normalized spacial score (nSPS) is 12.2. The van der Waals surface area contributed by atoms with Crippen molar-refractivity contribution in [2.45, 2.75) is 6.42 Å². The summed E-state index contributed by atoms with van der Waals surface area (Å²) in [5, 5.41) is 2.58. The predicted molar refractivity (Wildman–Crippen MR) is 95.7 cm³/mol. The van der Waals surface area contributed by atoms with Crippen molar-refractivity contribution in [2.75, 3.05) is 19.9 Å². The quantitative estimate of drug-likeness (QED) is 0.598. The molecule has 1 aliphatic heterocycles. The maximum atomic E-state index is 13.5. The smallest absolute Gasteiger partial charge is 0.331 e. The molecular weight excluding hydrogens is 353 g/mol. The fourth-order valence-electron chi connectivity index (χ4n) is 2.45. The molecule has 0 aromatic heterocycles. The third kappa shape index (κ3) is 5.31. The summed E-state index contributed by atoms with van der Waals surface area (Å²) in [6.07, 6.45) is 3.14. The van der Waals surface area contributed by atoms with Crippen LogP contribution in [-0.2, 0) is 20.7 Å². The Morgan fingerprint density at radius 2 is 1.96 bits per heavy atom. The lowest BCUT2D eigenvalue weighted by Crippen LogP contribution is -2.30. The number of halogens is 1. The van der Waals surface area contributed by atoms with Crippen LogP contribution in [0.15, 0.2) is 48.5 Å². The molecule has 140 valence electrons. The second-order valence-corrected chi connectivity index (χ2v) is 5.75. The molecule has 2 aromatic rings. The van der Waals surface area contributed by atoms with Crippen LogP contribution in [0.25, 0.3) is 6.08 Å². The van der Waals surface area contributed by atoms with Gasteiger partial charge in [-0.05, 0) is 41.8 Å². The molecule has 7 heteroatoms. The van der Waals surface area contributed by atoms with Gasteiger partial charge in [-0.25, -0.2) is 9.18 Å². The van der Waals surface area contributed by atoms with Crippen molar-refractivity contribution in [3.63, 3.8) is 0 Å². The molecule has 0 fully saturated rings.